The molecule has 160 valence electrons. The zero-order valence-electron chi connectivity index (χ0n) is 17.3. The molecule has 3 aromatic rings. The minimum absolute atomic E-state index is 0.0352. The van der Waals surface area contributed by atoms with Crippen molar-refractivity contribution >= 4 is 12.0 Å². The maximum atomic E-state index is 13.3. The Labute approximate surface area is 180 Å². The SMILES string of the molecule is CC(=NOCc1ccc(C(C)(F)F)cc1)c1ccc(Oc2ccccc2CC=O)cc1. The van der Waals surface area contributed by atoms with Gasteiger partial charge in [0.05, 0.1) is 5.71 Å². The molecule has 0 saturated carbocycles. The van der Waals surface area contributed by atoms with Crippen molar-refractivity contribution < 1.29 is 23.1 Å². The fourth-order valence-electron chi connectivity index (χ4n) is 2.90. The summed E-state index contributed by atoms with van der Waals surface area (Å²) >= 11 is 0. The van der Waals surface area contributed by atoms with Gasteiger partial charge in [0.25, 0.3) is 5.92 Å². The largest absolute Gasteiger partial charge is 0.457 e. The average molecular weight is 423 g/mol. The Morgan fingerprint density at radius 2 is 1.68 bits per heavy atom. The molecule has 0 bridgehead atoms. The number of rotatable bonds is 9. The van der Waals surface area contributed by atoms with E-state index in [0.717, 1.165) is 29.9 Å². The monoisotopic (exact) mass is 423 g/mol. The van der Waals surface area contributed by atoms with E-state index in [2.05, 4.69) is 5.16 Å². The Bertz CT molecular complexity index is 1040. The molecule has 0 fully saturated rings. The number of carbonyl (C=O) groups is 1. The van der Waals surface area contributed by atoms with Gasteiger partial charge in [0.2, 0.25) is 0 Å². The first kappa shape index (κ1) is 22.2. The van der Waals surface area contributed by atoms with Crippen LogP contribution in [-0.4, -0.2) is 12.0 Å². The van der Waals surface area contributed by atoms with Gasteiger partial charge in [-0.3, -0.25) is 0 Å². The van der Waals surface area contributed by atoms with Crippen LogP contribution >= 0.6 is 0 Å². The molecule has 0 aliphatic carbocycles. The molecule has 0 atom stereocenters. The predicted octanol–water partition coefficient (Wildman–Crippen LogP) is 6.27. The smallest absolute Gasteiger partial charge is 0.270 e. The Morgan fingerprint density at radius 3 is 2.32 bits per heavy atom. The number of hydrogen-bond acceptors (Lipinski definition) is 4. The number of oxime groups is 1. The summed E-state index contributed by atoms with van der Waals surface area (Å²) in [7, 11) is 0. The number of hydrogen-bond donors (Lipinski definition) is 0. The second-order valence-corrected chi connectivity index (χ2v) is 7.14. The van der Waals surface area contributed by atoms with Crippen LogP contribution in [0.5, 0.6) is 11.5 Å². The average Bonchev–Trinajstić information content (AvgIpc) is 2.75. The third-order valence-corrected chi connectivity index (χ3v) is 4.67. The van der Waals surface area contributed by atoms with Gasteiger partial charge in [-0.25, -0.2) is 8.78 Å². The van der Waals surface area contributed by atoms with Gasteiger partial charge < -0.3 is 14.4 Å². The third-order valence-electron chi connectivity index (χ3n) is 4.67. The minimum atomic E-state index is -2.86. The second-order valence-electron chi connectivity index (χ2n) is 7.14. The van der Waals surface area contributed by atoms with Gasteiger partial charge in [-0.2, -0.15) is 0 Å². The fraction of sp³-hybridized carbons (Fsp3) is 0.200. The van der Waals surface area contributed by atoms with E-state index in [9.17, 15) is 13.6 Å². The van der Waals surface area contributed by atoms with E-state index in [-0.39, 0.29) is 12.2 Å². The standard InChI is InChI=1S/C25H23F2NO3/c1-18(28-30-17-19-7-11-22(12-8-19)25(2,26)27)20-9-13-23(14-10-20)31-24-6-4-3-5-21(24)15-16-29/h3-14,16H,15,17H2,1-2H3. The predicted molar refractivity (Wildman–Crippen MR) is 116 cm³/mol. The molecule has 0 amide bonds. The van der Waals surface area contributed by atoms with Crippen molar-refractivity contribution in [1.82, 2.24) is 0 Å². The van der Waals surface area contributed by atoms with Crippen LogP contribution in [-0.2, 0) is 28.6 Å². The van der Waals surface area contributed by atoms with Crippen LogP contribution in [0.25, 0.3) is 0 Å². The van der Waals surface area contributed by atoms with Crippen LogP contribution in [0.15, 0.2) is 78.0 Å². The topological polar surface area (TPSA) is 47.9 Å². The fourth-order valence-corrected chi connectivity index (χ4v) is 2.90. The number of alkyl halides is 2. The van der Waals surface area contributed by atoms with Crippen LogP contribution in [0, 0.1) is 0 Å². The van der Waals surface area contributed by atoms with E-state index >= 15 is 0 Å². The highest BCUT2D eigenvalue weighted by molar-refractivity contribution is 5.98. The summed E-state index contributed by atoms with van der Waals surface area (Å²) in [5.74, 6) is -1.58. The Kier molecular flexibility index (Phi) is 7.13. The summed E-state index contributed by atoms with van der Waals surface area (Å²) in [6, 6.07) is 20.7. The Morgan fingerprint density at radius 1 is 1.00 bits per heavy atom. The highest BCUT2D eigenvalue weighted by atomic mass is 19.3. The van der Waals surface area contributed by atoms with Crippen molar-refractivity contribution in [3.8, 4) is 11.5 Å². The molecule has 31 heavy (non-hydrogen) atoms. The first-order valence-corrected chi connectivity index (χ1v) is 9.80. The molecule has 0 heterocycles. The van der Waals surface area contributed by atoms with Crippen molar-refractivity contribution in [3.63, 3.8) is 0 Å². The van der Waals surface area contributed by atoms with Gasteiger partial charge in [-0.1, -0.05) is 47.6 Å². The lowest BCUT2D eigenvalue weighted by molar-refractivity contribution is -0.107. The van der Waals surface area contributed by atoms with Gasteiger partial charge in [-0.15, -0.1) is 0 Å². The third kappa shape index (κ3) is 6.22. The quantitative estimate of drug-likeness (QED) is 0.231. The van der Waals surface area contributed by atoms with Crippen LogP contribution in [0.4, 0.5) is 8.78 Å². The lowest BCUT2D eigenvalue weighted by Gasteiger charge is -2.11. The Balaban J connectivity index is 1.59. The lowest BCUT2D eigenvalue weighted by atomic mass is 10.1. The van der Waals surface area contributed by atoms with Gasteiger partial charge in [0, 0.05) is 24.5 Å². The maximum absolute atomic E-state index is 13.3. The number of ether oxygens (including phenoxy) is 1. The molecule has 3 aromatic carbocycles. The summed E-state index contributed by atoms with van der Waals surface area (Å²) in [5.41, 5.74) is 3.07. The van der Waals surface area contributed by atoms with Crippen molar-refractivity contribution in [1.29, 1.82) is 0 Å². The van der Waals surface area contributed by atoms with Crippen molar-refractivity contribution in [2.45, 2.75) is 32.8 Å². The summed E-state index contributed by atoms with van der Waals surface area (Å²) in [6.45, 7) is 2.87. The van der Waals surface area contributed by atoms with E-state index in [0.29, 0.717) is 23.6 Å². The molecule has 0 spiro atoms. The molecule has 4 nitrogen and oxygen atoms in total. The summed E-state index contributed by atoms with van der Waals surface area (Å²) in [6.07, 6.45) is 1.14. The normalized spacial score (nSPS) is 11.8. The first-order chi connectivity index (χ1) is 14.9. The minimum Gasteiger partial charge on any atom is -0.457 e. The summed E-state index contributed by atoms with van der Waals surface area (Å²) in [5, 5.41) is 4.10. The number of aldehydes is 1. The Hall–Kier alpha value is -3.54. The van der Waals surface area contributed by atoms with Crippen molar-refractivity contribution in [3.05, 3.63) is 95.1 Å². The highest BCUT2D eigenvalue weighted by Crippen LogP contribution is 2.27. The van der Waals surface area contributed by atoms with Crippen LogP contribution in [0.3, 0.4) is 0 Å². The molecule has 0 unspecified atom stereocenters. The second kappa shape index (κ2) is 9.98. The van der Waals surface area contributed by atoms with E-state index < -0.39 is 5.92 Å². The van der Waals surface area contributed by atoms with Crippen LogP contribution in [0.1, 0.15) is 36.1 Å². The van der Waals surface area contributed by atoms with E-state index in [4.69, 9.17) is 9.57 Å². The molecular formula is C25H23F2NO3. The van der Waals surface area contributed by atoms with Crippen molar-refractivity contribution in [2.24, 2.45) is 5.16 Å². The summed E-state index contributed by atoms with van der Waals surface area (Å²) < 4.78 is 32.4. The summed E-state index contributed by atoms with van der Waals surface area (Å²) in [4.78, 5) is 16.2. The highest BCUT2D eigenvalue weighted by Gasteiger charge is 2.23. The maximum Gasteiger partial charge on any atom is 0.270 e. The van der Waals surface area contributed by atoms with Gasteiger partial charge in [-0.05, 0) is 48.4 Å². The number of nitrogens with zero attached hydrogens (tertiary/aromatic N) is 1. The van der Waals surface area contributed by atoms with Gasteiger partial charge in [0.15, 0.2) is 0 Å². The lowest BCUT2D eigenvalue weighted by Crippen LogP contribution is -2.06. The number of halogens is 2. The molecule has 0 aliphatic rings. The zero-order valence-corrected chi connectivity index (χ0v) is 17.3. The van der Waals surface area contributed by atoms with E-state index in [1.54, 1.807) is 12.1 Å². The van der Waals surface area contributed by atoms with Gasteiger partial charge >= 0.3 is 0 Å². The van der Waals surface area contributed by atoms with E-state index in [1.165, 1.54) is 12.1 Å². The molecular weight excluding hydrogens is 400 g/mol. The molecule has 0 saturated heterocycles. The van der Waals surface area contributed by atoms with Gasteiger partial charge in [0.1, 0.15) is 24.4 Å². The van der Waals surface area contributed by atoms with E-state index in [1.807, 2.05) is 55.5 Å². The van der Waals surface area contributed by atoms with Crippen molar-refractivity contribution in [2.75, 3.05) is 0 Å². The first-order valence-electron chi connectivity index (χ1n) is 9.80. The van der Waals surface area contributed by atoms with Crippen LogP contribution < -0.4 is 4.74 Å². The molecule has 0 N–H and O–H groups in total. The number of carbonyl (C=O) groups excluding carboxylic acids is 1. The molecule has 0 radical (unpaired) electrons. The van der Waals surface area contributed by atoms with Crippen LogP contribution in [0.2, 0.25) is 0 Å². The zero-order chi connectivity index (χ0) is 22.3. The number of benzene rings is 3. The molecule has 6 heteroatoms. The number of para-hydroxylation sites is 1. The molecule has 0 aliphatic heterocycles. The molecule has 3 rings (SSSR count). The molecule has 0 aromatic heterocycles.